The van der Waals surface area contributed by atoms with Crippen LogP contribution in [0.1, 0.15) is 21.5 Å². The van der Waals surface area contributed by atoms with Crippen LogP contribution in [-0.4, -0.2) is 41.4 Å². The molecule has 1 aromatic heterocycles. The Bertz CT molecular complexity index is 1550. The van der Waals surface area contributed by atoms with Crippen molar-refractivity contribution >= 4 is 28.7 Å². The number of urea groups is 1. The molecule has 1 saturated heterocycles. The molecule has 6 rings (SSSR count). The number of pyridine rings is 1. The first-order valence-electron chi connectivity index (χ1n) is 11.5. The average Bonchev–Trinajstić information content (AvgIpc) is 3.38. The van der Waals surface area contributed by atoms with E-state index < -0.39 is 17.5 Å². The Morgan fingerprint density at radius 1 is 0.972 bits per heavy atom. The highest BCUT2D eigenvalue weighted by atomic mass is 16.5. The molecule has 2 N–H and O–H groups in total. The van der Waals surface area contributed by atoms with Crippen molar-refractivity contribution in [1.29, 1.82) is 0 Å². The molecule has 8 heteroatoms. The van der Waals surface area contributed by atoms with Gasteiger partial charge in [-0.3, -0.25) is 19.9 Å². The number of methoxy groups -OCH3 is 1. The van der Waals surface area contributed by atoms with Crippen LogP contribution in [0, 0.1) is 0 Å². The van der Waals surface area contributed by atoms with Gasteiger partial charge in [0.25, 0.3) is 11.8 Å². The van der Waals surface area contributed by atoms with Gasteiger partial charge in [-0.25, -0.2) is 4.79 Å². The molecule has 0 spiro atoms. The molecule has 178 valence electrons. The number of ether oxygens (including phenoxy) is 1. The van der Waals surface area contributed by atoms with Gasteiger partial charge in [-0.1, -0.05) is 42.5 Å². The molecule has 2 aliphatic heterocycles. The van der Waals surface area contributed by atoms with Gasteiger partial charge in [-0.2, -0.15) is 0 Å². The minimum Gasteiger partial charge on any atom is -0.497 e. The van der Waals surface area contributed by atoms with Crippen LogP contribution in [0.4, 0.5) is 4.79 Å². The molecule has 2 aliphatic rings. The third kappa shape index (κ3) is 3.46. The van der Waals surface area contributed by atoms with Gasteiger partial charge in [0, 0.05) is 23.7 Å². The lowest BCUT2D eigenvalue weighted by molar-refractivity contribution is -0.124. The third-order valence-corrected chi connectivity index (χ3v) is 6.88. The monoisotopic (exact) mass is 478 g/mol. The van der Waals surface area contributed by atoms with E-state index in [-0.39, 0.29) is 12.5 Å². The van der Waals surface area contributed by atoms with E-state index in [1.54, 1.807) is 30.3 Å². The molecule has 3 aromatic carbocycles. The van der Waals surface area contributed by atoms with Crippen molar-refractivity contribution in [3.05, 3.63) is 95.7 Å². The van der Waals surface area contributed by atoms with E-state index in [9.17, 15) is 14.4 Å². The Morgan fingerprint density at radius 3 is 2.53 bits per heavy atom. The maximum absolute atomic E-state index is 13.2. The summed E-state index contributed by atoms with van der Waals surface area (Å²) >= 11 is 0. The zero-order chi connectivity index (χ0) is 24.9. The van der Waals surface area contributed by atoms with Crippen molar-refractivity contribution in [3.63, 3.8) is 0 Å². The van der Waals surface area contributed by atoms with E-state index in [4.69, 9.17) is 4.74 Å². The summed E-state index contributed by atoms with van der Waals surface area (Å²) in [6.07, 6.45) is 1.76. The molecule has 0 unspecified atom stereocenters. The Morgan fingerprint density at radius 2 is 1.78 bits per heavy atom. The molecule has 0 aliphatic carbocycles. The van der Waals surface area contributed by atoms with Crippen LogP contribution in [0.25, 0.3) is 22.0 Å². The Hall–Kier alpha value is -4.72. The molecule has 0 saturated carbocycles. The molecule has 0 radical (unpaired) electrons. The largest absolute Gasteiger partial charge is 0.497 e. The van der Waals surface area contributed by atoms with E-state index >= 15 is 0 Å². The van der Waals surface area contributed by atoms with Crippen molar-refractivity contribution in [2.45, 2.75) is 12.1 Å². The average molecular weight is 479 g/mol. The molecule has 4 aromatic rings. The fraction of sp³-hybridized carbons (Fsp3) is 0.143. The number of nitrogens with zero attached hydrogens (tertiary/aromatic N) is 2. The number of fused-ring (bicyclic) bond motifs is 2. The molecule has 3 heterocycles. The second-order valence-electron chi connectivity index (χ2n) is 8.99. The molecule has 8 nitrogen and oxygen atoms in total. The Kier molecular flexibility index (Phi) is 4.96. The number of carbonyl (C=O) groups is 3. The number of imide groups is 1. The van der Waals surface area contributed by atoms with Crippen LogP contribution in [0.2, 0.25) is 0 Å². The van der Waals surface area contributed by atoms with Crippen molar-refractivity contribution in [3.8, 4) is 16.9 Å². The fourth-order valence-electron chi connectivity index (χ4n) is 4.98. The van der Waals surface area contributed by atoms with Gasteiger partial charge in [0.05, 0.1) is 19.2 Å². The molecular weight excluding hydrogens is 456 g/mol. The molecule has 36 heavy (non-hydrogen) atoms. The number of hydrogen-bond donors (Lipinski definition) is 2. The standard InChI is InChI=1S/C28H22N4O4/c1-36-22-10-6-20-15-32(25(33)23(20)14-22)16-28(26(34)30-27(35)31-28)21-8-4-17(5-9-21)18-7-11-24-19(13-18)3-2-12-29-24/h2-14H,15-16H2,1H3,(H2,30,31,34,35)/t28-/m1/s1. The third-order valence-electron chi connectivity index (χ3n) is 6.88. The van der Waals surface area contributed by atoms with Crippen LogP contribution < -0.4 is 15.4 Å². The van der Waals surface area contributed by atoms with Crippen molar-refractivity contribution in [1.82, 2.24) is 20.5 Å². The molecule has 4 amide bonds. The Labute approximate surface area is 206 Å². The summed E-state index contributed by atoms with van der Waals surface area (Å²) in [6.45, 7) is 0.341. The molecule has 1 atom stereocenters. The maximum Gasteiger partial charge on any atom is 0.322 e. The van der Waals surface area contributed by atoms with Gasteiger partial charge in [0.1, 0.15) is 5.75 Å². The molecule has 0 bridgehead atoms. The summed E-state index contributed by atoms with van der Waals surface area (Å²) in [6, 6.07) is 22.2. The lowest BCUT2D eigenvalue weighted by Gasteiger charge is -2.31. The number of carbonyl (C=O) groups excluding carboxylic acids is 3. The van der Waals surface area contributed by atoms with Crippen LogP contribution >= 0.6 is 0 Å². The van der Waals surface area contributed by atoms with Gasteiger partial charge in [-0.15, -0.1) is 0 Å². The number of amides is 4. The smallest absolute Gasteiger partial charge is 0.322 e. The maximum atomic E-state index is 13.2. The van der Waals surface area contributed by atoms with Gasteiger partial charge < -0.3 is 15.0 Å². The number of hydrogen-bond acceptors (Lipinski definition) is 5. The van der Waals surface area contributed by atoms with Crippen LogP contribution in [0.5, 0.6) is 5.75 Å². The Balaban J connectivity index is 1.33. The summed E-state index contributed by atoms with van der Waals surface area (Å²) < 4.78 is 5.25. The highest BCUT2D eigenvalue weighted by molar-refractivity contribution is 6.08. The summed E-state index contributed by atoms with van der Waals surface area (Å²) in [7, 11) is 1.55. The fourth-order valence-corrected chi connectivity index (χ4v) is 4.98. The minimum atomic E-state index is -1.40. The first-order chi connectivity index (χ1) is 17.5. The van der Waals surface area contributed by atoms with Crippen molar-refractivity contribution < 1.29 is 19.1 Å². The number of benzene rings is 3. The SMILES string of the molecule is COc1ccc2c(c1)C(=O)N(C[C@]1(c3ccc(-c4ccc5ncccc5c4)cc3)NC(=O)NC1=O)C2. The topological polar surface area (TPSA) is 101 Å². The second-order valence-corrected chi connectivity index (χ2v) is 8.99. The zero-order valence-electron chi connectivity index (χ0n) is 19.4. The van der Waals surface area contributed by atoms with E-state index in [2.05, 4.69) is 21.7 Å². The van der Waals surface area contributed by atoms with Gasteiger partial charge in [0.15, 0.2) is 5.54 Å². The van der Waals surface area contributed by atoms with Crippen LogP contribution in [0.3, 0.4) is 0 Å². The van der Waals surface area contributed by atoms with E-state index in [1.165, 1.54) is 0 Å². The summed E-state index contributed by atoms with van der Waals surface area (Å²) in [5, 5.41) is 6.16. The summed E-state index contributed by atoms with van der Waals surface area (Å²) in [5.41, 5.74) is 3.47. The predicted octanol–water partition coefficient (Wildman–Crippen LogP) is 3.60. The van der Waals surface area contributed by atoms with Crippen LogP contribution in [0.15, 0.2) is 79.0 Å². The summed E-state index contributed by atoms with van der Waals surface area (Å²) in [5.74, 6) is -0.109. The van der Waals surface area contributed by atoms with Gasteiger partial charge in [-0.05, 0) is 52.6 Å². The lowest BCUT2D eigenvalue weighted by Crippen LogP contribution is -2.52. The van der Waals surface area contributed by atoms with E-state index in [0.717, 1.165) is 27.6 Å². The van der Waals surface area contributed by atoms with E-state index in [1.807, 2.05) is 54.6 Å². The quantitative estimate of drug-likeness (QED) is 0.427. The lowest BCUT2D eigenvalue weighted by atomic mass is 9.88. The number of aromatic nitrogens is 1. The van der Waals surface area contributed by atoms with Crippen molar-refractivity contribution in [2.75, 3.05) is 13.7 Å². The highest BCUT2D eigenvalue weighted by Crippen LogP contribution is 2.33. The highest BCUT2D eigenvalue weighted by Gasteiger charge is 2.50. The normalized spacial score (nSPS) is 18.8. The number of nitrogens with one attached hydrogen (secondary N) is 2. The number of rotatable bonds is 5. The molecular formula is C28H22N4O4. The summed E-state index contributed by atoms with van der Waals surface area (Å²) in [4.78, 5) is 44.5. The second kappa shape index (κ2) is 8.20. The first kappa shape index (κ1) is 21.8. The first-order valence-corrected chi connectivity index (χ1v) is 11.5. The van der Waals surface area contributed by atoms with Crippen LogP contribution in [-0.2, 0) is 16.9 Å². The zero-order valence-corrected chi connectivity index (χ0v) is 19.4. The predicted molar refractivity (Wildman–Crippen MR) is 133 cm³/mol. The van der Waals surface area contributed by atoms with Crippen molar-refractivity contribution in [2.24, 2.45) is 0 Å². The minimum absolute atomic E-state index is 0.00138. The molecule has 1 fully saturated rings. The van der Waals surface area contributed by atoms with Gasteiger partial charge >= 0.3 is 6.03 Å². The van der Waals surface area contributed by atoms with E-state index in [0.29, 0.717) is 23.4 Å². The van der Waals surface area contributed by atoms with Gasteiger partial charge in [0.2, 0.25) is 0 Å².